The molecule has 0 atom stereocenters. The first-order valence-corrected chi connectivity index (χ1v) is 7.23. The molecule has 2 heterocycles. The summed E-state index contributed by atoms with van der Waals surface area (Å²) in [6.45, 7) is 0.464. The Hall–Kier alpha value is -2.83. The van der Waals surface area contributed by atoms with E-state index >= 15 is 0 Å². The highest BCUT2D eigenvalue weighted by Gasteiger charge is 2.22. The number of nitrogens with one attached hydrogen (secondary N) is 2. The summed E-state index contributed by atoms with van der Waals surface area (Å²) >= 11 is 0. The molecular weight excluding hydrogens is 298 g/mol. The summed E-state index contributed by atoms with van der Waals surface area (Å²) in [6.07, 6.45) is 0.885. The standard InChI is InChI=1S/C16H17N3O4/c1-22-11-4-3-9(7-12(11)23-2)8-13-18-14-10(15(20)19-13)5-6-17-16(14)21/h3-4,7H,5-6,8H2,1-2H3,(H,17,21)(H,18,19,20). The minimum Gasteiger partial charge on any atom is -0.493 e. The maximum absolute atomic E-state index is 12.1. The normalized spacial score (nSPS) is 13.2. The van der Waals surface area contributed by atoms with E-state index in [2.05, 4.69) is 15.3 Å². The number of hydrogen-bond acceptors (Lipinski definition) is 5. The average molecular weight is 315 g/mol. The molecule has 0 bridgehead atoms. The van der Waals surface area contributed by atoms with Crippen LogP contribution < -0.4 is 20.3 Å². The number of carbonyl (C=O) groups excluding carboxylic acids is 1. The van der Waals surface area contributed by atoms with Crippen molar-refractivity contribution in [1.82, 2.24) is 15.3 Å². The molecule has 23 heavy (non-hydrogen) atoms. The third kappa shape index (κ3) is 2.90. The van der Waals surface area contributed by atoms with Crippen molar-refractivity contribution in [3.05, 3.63) is 51.2 Å². The summed E-state index contributed by atoms with van der Waals surface area (Å²) in [6, 6.07) is 5.47. The monoisotopic (exact) mass is 315 g/mol. The van der Waals surface area contributed by atoms with Crippen molar-refractivity contribution in [3.8, 4) is 11.5 Å². The van der Waals surface area contributed by atoms with Gasteiger partial charge in [-0.25, -0.2) is 4.98 Å². The highest BCUT2D eigenvalue weighted by molar-refractivity contribution is 5.94. The summed E-state index contributed by atoms with van der Waals surface area (Å²) in [5, 5.41) is 2.70. The van der Waals surface area contributed by atoms with E-state index in [0.29, 0.717) is 42.3 Å². The average Bonchev–Trinajstić information content (AvgIpc) is 2.56. The Labute approximate surface area is 132 Å². The Bertz CT molecular complexity index is 813. The number of benzene rings is 1. The summed E-state index contributed by atoms with van der Waals surface area (Å²) in [5.74, 6) is 1.37. The first-order chi connectivity index (χ1) is 11.1. The molecule has 0 spiro atoms. The molecule has 1 aliphatic rings. The van der Waals surface area contributed by atoms with Crippen molar-refractivity contribution < 1.29 is 14.3 Å². The van der Waals surface area contributed by atoms with Crippen LogP contribution in [0.15, 0.2) is 23.0 Å². The lowest BCUT2D eigenvalue weighted by Crippen LogP contribution is -2.37. The van der Waals surface area contributed by atoms with Crippen LogP contribution in [-0.4, -0.2) is 36.6 Å². The fourth-order valence-corrected chi connectivity index (χ4v) is 2.62. The van der Waals surface area contributed by atoms with Crippen LogP contribution in [0.25, 0.3) is 0 Å². The summed E-state index contributed by atoms with van der Waals surface area (Å²) in [4.78, 5) is 31.0. The Morgan fingerprint density at radius 2 is 1.96 bits per heavy atom. The van der Waals surface area contributed by atoms with Gasteiger partial charge < -0.3 is 19.8 Å². The predicted octanol–water partition coefficient (Wildman–Crippen LogP) is 0.664. The number of fused-ring (bicyclic) bond motifs is 1. The minimum atomic E-state index is -0.300. The van der Waals surface area contributed by atoms with Crippen molar-refractivity contribution in [3.63, 3.8) is 0 Å². The van der Waals surface area contributed by atoms with E-state index in [0.717, 1.165) is 5.56 Å². The number of H-pyrrole nitrogens is 1. The van der Waals surface area contributed by atoms with E-state index in [9.17, 15) is 9.59 Å². The molecule has 0 fully saturated rings. The molecule has 1 amide bonds. The lowest BCUT2D eigenvalue weighted by Gasteiger charge is -2.15. The molecule has 7 heteroatoms. The lowest BCUT2D eigenvalue weighted by atomic mass is 10.1. The van der Waals surface area contributed by atoms with Gasteiger partial charge in [-0.3, -0.25) is 9.59 Å². The molecule has 0 saturated carbocycles. The third-order valence-electron chi connectivity index (χ3n) is 3.76. The zero-order chi connectivity index (χ0) is 16.4. The molecule has 1 aromatic heterocycles. The van der Waals surface area contributed by atoms with Gasteiger partial charge in [-0.2, -0.15) is 0 Å². The van der Waals surface area contributed by atoms with Gasteiger partial charge in [0.2, 0.25) is 0 Å². The van der Waals surface area contributed by atoms with Crippen LogP contribution in [0.3, 0.4) is 0 Å². The van der Waals surface area contributed by atoms with E-state index in [-0.39, 0.29) is 17.2 Å². The Morgan fingerprint density at radius 3 is 2.70 bits per heavy atom. The molecule has 1 aliphatic heterocycles. The number of nitrogens with zero attached hydrogens (tertiary/aromatic N) is 1. The second-order valence-electron chi connectivity index (χ2n) is 5.21. The van der Waals surface area contributed by atoms with Crippen LogP contribution in [0, 0.1) is 0 Å². The zero-order valence-corrected chi connectivity index (χ0v) is 12.9. The molecule has 0 radical (unpaired) electrons. The van der Waals surface area contributed by atoms with Crippen LogP contribution in [0.1, 0.15) is 27.4 Å². The molecule has 3 rings (SSSR count). The first-order valence-electron chi connectivity index (χ1n) is 7.23. The Balaban J connectivity index is 1.95. The largest absolute Gasteiger partial charge is 0.493 e. The highest BCUT2D eigenvalue weighted by Crippen LogP contribution is 2.28. The quantitative estimate of drug-likeness (QED) is 0.865. The van der Waals surface area contributed by atoms with Crippen molar-refractivity contribution in [2.24, 2.45) is 0 Å². The minimum absolute atomic E-state index is 0.218. The molecule has 120 valence electrons. The molecule has 0 saturated heterocycles. The van der Waals surface area contributed by atoms with Crippen molar-refractivity contribution in [2.45, 2.75) is 12.8 Å². The van der Waals surface area contributed by atoms with E-state index in [1.165, 1.54) is 0 Å². The fourth-order valence-electron chi connectivity index (χ4n) is 2.62. The van der Waals surface area contributed by atoms with Gasteiger partial charge >= 0.3 is 0 Å². The predicted molar refractivity (Wildman–Crippen MR) is 83.2 cm³/mol. The Morgan fingerprint density at radius 1 is 1.17 bits per heavy atom. The molecule has 0 unspecified atom stereocenters. The third-order valence-corrected chi connectivity index (χ3v) is 3.76. The van der Waals surface area contributed by atoms with Crippen LogP contribution >= 0.6 is 0 Å². The smallest absolute Gasteiger partial charge is 0.270 e. The maximum atomic E-state index is 12.1. The van der Waals surface area contributed by atoms with Gasteiger partial charge in [0.05, 0.1) is 19.8 Å². The van der Waals surface area contributed by atoms with Gasteiger partial charge in [-0.1, -0.05) is 6.07 Å². The van der Waals surface area contributed by atoms with Gasteiger partial charge in [0.1, 0.15) is 11.5 Å². The van der Waals surface area contributed by atoms with Crippen LogP contribution in [0.2, 0.25) is 0 Å². The van der Waals surface area contributed by atoms with E-state index in [4.69, 9.17) is 9.47 Å². The number of aromatic nitrogens is 2. The number of methoxy groups -OCH3 is 2. The summed E-state index contributed by atoms with van der Waals surface area (Å²) in [5.41, 5.74) is 1.31. The topological polar surface area (TPSA) is 93.3 Å². The summed E-state index contributed by atoms with van der Waals surface area (Å²) in [7, 11) is 3.13. The van der Waals surface area contributed by atoms with Crippen LogP contribution in [0.5, 0.6) is 11.5 Å². The van der Waals surface area contributed by atoms with E-state index in [1.807, 2.05) is 12.1 Å². The maximum Gasteiger partial charge on any atom is 0.270 e. The van der Waals surface area contributed by atoms with Gasteiger partial charge in [0, 0.05) is 13.0 Å². The first kappa shape index (κ1) is 15.1. The number of carbonyl (C=O) groups is 1. The van der Waals surface area contributed by atoms with Gasteiger partial charge in [-0.15, -0.1) is 0 Å². The molecule has 0 aliphatic carbocycles. The molecule has 1 aromatic carbocycles. The second kappa shape index (κ2) is 6.12. The zero-order valence-electron chi connectivity index (χ0n) is 12.9. The SMILES string of the molecule is COc1ccc(Cc2nc3c(c(=O)[nH]2)CCNC3=O)cc1OC. The molecule has 2 aromatic rings. The highest BCUT2D eigenvalue weighted by atomic mass is 16.5. The van der Waals surface area contributed by atoms with Crippen molar-refractivity contribution >= 4 is 5.91 Å². The van der Waals surface area contributed by atoms with Gasteiger partial charge in [0.25, 0.3) is 11.5 Å². The molecule has 7 nitrogen and oxygen atoms in total. The number of rotatable bonds is 4. The number of aromatic amines is 1. The summed E-state index contributed by atoms with van der Waals surface area (Å²) < 4.78 is 10.5. The van der Waals surface area contributed by atoms with E-state index < -0.39 is 0 Å². The number of amides is 1. The molecular formula is C16H17N3O4. The van der Waals surface area contributed by atoms with Gasteiger partial charge in [0.15, 0.2) is 11.5 Å². The van der Waals surface area contributed by atoms with E-state index in [1.54, 1.807) is 20.3 Å². The number of ether oxygens (including phenoxy) is 2. The van der Waals surface area contributed by atoms with Gasteiger partial charge in [-0.05, 0) is 24.1 Å². The lowest BCUT2D eigenvalue weighted by molar-refractivity contribution is 0.0939. The molecule has 2 N–H and O–H groups in total. The van der Waals surface area contributed by atoms with Crippen LogP contribution in [0.4, 0.5) is 0 Å². The Kier molecular flexibility index (Phi) is 4.01. The second-order valence-corrected chi connectivity index (χ2v) is 5.21. The van der Waals surface area contributed by atoms with Crippen molar-refractivity contribution in [2.75, 3.05) is 20.8 Å². The van der Waals surface area contributed by atoms with Crippen LogP contribution in [-0.2, 0) is 12.8 Å². The number of hydrogen-bond donors (Lipinski definition) is 2. The fraction of sp³-hybridized carbons (Fsp3) is 0.312. The van der Waals surface area contributed by atoms with Crippen molar-refractivity contribution in [1.29, 1.82) is 0 Å².